The molecule has 10 heteroatoms. The van der Waals surface area contributed by atoms with E-state index in [1.54, 1.807) is 11.8 Å². The van der Waals surface area contributed by atoms with Crippen LogP contribution in [0.5, 0.6) is 0 Å². The summed E-state index contributed by atoms with van der Waals surface area (Å²) < 4.78 is 42.2. The van der Waals surface area contributed by atoms with Gasteiger partial charge in [-0.25, -0.2) is 4.98 Å². The first kappa shape index (κ1) is 19.6. The molecule has 0 aliphatic carbocycles. The number of nitrogens with zero attached hydrogens (tertiary/aromatic N) is 1. The molecule has 0 radical (unpaired) electrons. The lowest BCUT2D eigenvalue weighted by atomic mass is 10.2. The van der Waals surface area contributed by atoms with Crippen LogP contribution < -0.4 is 11.1 Å². The standard InChI is InChI=1S/C13H14F3N3O2S.ClH/c1-22-5-4-8(17)11(20)18-7-2-3-10-9(6-7)19-12(21-10)13(14,15)16;/h2-3,6,8H,4-5,17H2,1H3,(H,18,20);1H/t8-;/m0./s1. The minimum Gasteiger partial charge on any atom is -0.433 e. The normalized spacial score (nSPS) is 12.7. The van der Waals surface area contributed by atoms with Crippen LogP contribution in [0.4, 0.5) is 18.9 Å². The van der Waals surface area contributed by atoms with Gasteiger partial charge in [-0.2, -0.15) is 24.9 Å². The van der Waals surface area contributed by atoms with Gasteiger partial charge >= 0.3 is 12.1 Å². The van der Waals surface area contributed by atoms with E-state index in [-0.39, 0.29) is 23.5 Å². The number of rotatable bonds is 5. The topological polar surface area (TPSA) is 81.2 Å². The van der Waals surface area contributed by atoms with Gasteiger partial charge in [-0.15, -0.1) is 12.4 Å². The van der Waals surface area contributed by atoms with Crippen LogP contribution in [-0.2, 0) is 11.0 Å². The first-order chi connectivity index (χ1) is 10.3. The molecule has 0 aliphatic rings. The van der Waals surface area contributed by atoms with Crippen LogP contribution >= 0.6 is 24.2 Å². The highest BCUT2D eigenvalue weighted by molar-refractivity contribution is 7.98. The fourth-order valence-corrected chi connectivity index (χ4v) is 2.23. The van der Waals surface area contributed by atoms with Gasteiger partial charge in [0.05, 0.1) is 6.04 Å². The molecule has 128 valence electrons. The van der Waals surface area contributed by atoms with Gasteiger partial charge in [0.2, 0.25) is 5.91 Å². The summed E-state index contributed by atoms with van der Waals surface area (Å²) in [7, 11) is 0. The third-order valence-corrected chi connectivity index (χ3v) is 3.51. The van der Waals surface area contributed by atoms with Crippen molar-refractivity contribution in [1.82, 2.24) is 4.98 Å². The van der Waals surface area contributed by atoms with Crippen molar-refractivity contribution >= 4 is 46.9 Å². The third kappa shape index (κ3) is 5.02. The van der Waals surface area contributed by atoms with E-state index in [4.69, 9.17) is 5.73 Å². The number of anilines is 1. The molecule has 2 rings (SSSR count). The maximum Gasteiger partial charge on any atom is 0.468 e. The van der Waals surface area contributed by atoms with Crippen molar-refractivity contribution in [2.45, 2.75) is 18.6 Å². The molecule has 1 atom stereocenters. The van der Waals surface area contributed by atoms with Gasteiger partial charge in [-0.3, -0.25) is 4.79 Å². The van der Waals surface area contributed by atoms with Crippen LogP contribution in [0.2, 0.25) is 0 Å². The number of oxazole rings is 1. The molecule has 1 aromatic heterocycles. The minimum absolute atomic E-state index is 0. The first-order valence-corrected chi connectivity index (χ1v) is 7.74. The predicted molar refractivity (Wildman–Crippen MR) is 85.9 cm³/mol. The van der Waals surface area contributed by atoms with Crippen LogP contribution in [-0.4, -0.2) is 28.9 Å². The Morgan fingerprint density at radius 1 is 1.48 bits per heavy atom. The number of carbonyl (C=O) groups is 1. The fraction of sp³-hybridized carbons (Fsp3) is 0.385. The number of amides is 1. The second kappa shape index (κ2) is 7.89. The lowest BCUT2D eigenvalue weighted by Crippen LogP contribution is -2.36. The zero-order chi connectivity index (χ0) is 16.3. The largest absolute Gasteiger partial charge is 0.468 e. The van der Waals surface area contributed by atoms with E-state index in [0.717, 1.165) is 5.75 Å². The molecular weight excluding hydrogens is 355 g/mol. The number of benzene rings is 1. The molecule has 1 aromatic carbocycles. The summed E-state index contributed by atoms with van der Waals surface area (Å²) in [6.07, 6.45) is -2.23. The Kier molecular flexibility index (Phi) is 6.72. The number of halogens is 4. The van der Waals surface area contributed by atoms with Crippen LogP contribution in [0.3, 0.4) is 0 Å². The number of alkyl halides is 3. The fourth-order valence-electron chi connectivity index (χ4n) is 1.74. The van der Waals surface area contributed by atoms with Crippen LogP contribution in [0.25, 0.3) is 11.1 Å². The maximum atomic E-state index is 12.5. The number of hydrogen-bond acceptors (Lipinski definition) is 5. The summed E-state index contributed by atoms with van der Waals surface area (Å²) in [5.74, 6) is -0.971. The SMILES string of the molecule is CSCC[C@H](N)C(=O)Nc1ccc2oc(C(F)(F)F)nc2c1.Cl. The molecular formula is C13H15ClF3N3O2S. The van der Waals surface area contributed by atoms with Gasteiger partial charge < -0.3 is 15.5 Å². The first-order valence-electron chi connectivity index (χ1n) is 6.34. The average Bonchev–Trinajstić information content (AvgIpc) is 2.87. The number of aromatic nitrogens is 1. The van der Waals surface area contributed by atoms with Crippen LogP contribution in [0.15, 0.2) is 22.6 Å². The number of carbonyl (C=O) groups excluding carboxylic acids is 1. The van der Waals surface area contributed by atoms with E-state index < -0.39 is 24.0 Å². The molecule has 0 bridgehead atoms. The smallest absolute Gasteiger partial charge is 0.433 e. The Bertz CT molecular complexity index is 678. The summed E-state index contributed by atoms with van der Waals surface area (Å²) in [5.41, 5.74) is 6.05. The Morgan fingerprint density at radius 3 is 2.78 bits per heavy atom. The lowest BCUT2D eigenvalue weighted by molar-refractivity contribution is -0.156. The molecule has 0 spiro atoms. The van der Waals surface area contributed by atoms with Gasteiger partial charge in [0.25, 0.3) is 0 Å². The van der Waals surface area contributed by atoms with Gasteiger partial charge in [0.15, 0.2) is 5.58 Å². The predicted octanol–water partition coefficient (Wildman–Crippen LogP) is 3.29. The van der Waals surface area contributed by atoms with Crippen molar-refractivity contribution in [3.8, 4) is 0 Å². The van der Waals surface area contributed by atoms with Crippen molar-refractivity contribution in [2.75, 3.05) is 17.3 Å². The van der Waals surface area contributed by atoms with Gasteiger partial charge in [-0.1, -0.05) is 0 Å². The number of hydrogen-bond donors (Lipinski definition) is 2. The quantitative estimate of drug-likeness (QED) is 0.845. The Hall–Kier alpha value is -1.45. The molecule has 0 fully saturated rings. The molecule has 0 aliphatic heterocycles. The lowest BCUT2D eigenvalue weighted by Gasteiger charge is -2.11. The molecule has 1 heterocycles. The van der Waals surface area contributed by atoms with Crippen molar-refractivity contribution in [2.24, 2.45) is 5.73 Å². The van der Waals surface area contributed by atoms with Gasteiger partial charge in [0, 0.05) is 5.69 Å². The molecule has 5 nitrogen and oxygen atoms in total. The number of nitrogens with two attached hydrogens (primary N) is 1. The minimum atomic E-state index is -4.65. The second-order valence-electron chi connectivity index (χ2n) is 4.58. The summed E-state index contributed by atoms with van der Waals surface area (Å²) >= 11 is 1.57. The van der Waals surface area contributed by atoms with Crippen molar-refractivity contribution in [1.29, 1.82) is 0 Å². The second-order valence-corrected chi connectivity index (χ2v) is 5.56. The zero-order valence-corrected chi connectivity index (χ0v) is 13.6. The van der Waals surface area contributed by atoms with Gasteiger partial charge in [-0.05, 0) is 36.6 Å². The van der Waals surface area contributed by atoms with Crippen LogP contribution in [0.1, 0.15) is 12.3 Å². The molecule has 23 heavy (non-hydrogen) atoms. The summed E-state index contributed by atoms with van der Waals surface area (Å²) in [5, 5.41) is 2.55. The van der Waals surface area contributed by atoms with E-state index in [1.165, 1.54) is 18.2 Å². The molecule has 0 unspecified atom stereocenters. The van der Waals surface area contributed by atoms with E-state index in [1.807, 2.05) is 6.26 Å². The monoisotopic (exact) mass is 369 g/mol. The van der Waals surface area contributed by atoms with Crippen molar-refractivity contribution in [3.05, 3.63) is 24.1 Å². The van der Waals surface area contributed by atoms with Gasteiger partial charge in [0.1, 0.15) is 5.52 Å². The van der Waals surface area contributed by atoms with Crippen molar-refractivity contribution in [3.63, 3.8) is 0 Å². The summed E-state index contributed by atoms with van der Waals surface area (Å²) in [4.78, 5) is 15.2. The van der Waals surface area contributed by atoms with Crippen LogP contribution in [0, 0.1) is 0 Å². The molecule has 2 aromatic rings. The summed E-state index contributed by atoms with van der Waals surface area (Å²) in [6.45, 7) is 0. The number of fused-ring (bicyclic) bond motifs is 1. The molecule has 1 amide bonds. The highest BCUT2D eigenvalue weighted by Crippen LogP contribution is 2.31. The Morgan fingerprint density at radius 2 is 2.17 bits per heavy atom. The van der Waals surface area contributed by atoms with E-state index in [2.05, 4.69) is 14.7 Å². The molecule has 3 N–H and O–H groups in total. The van der Waals surface area contributed by atoms with Crippen molar-refractivity contribution < 1.29 is 22.4 Å². The Balaban J connectivity index is 0.00000264. The van der Waals surface area contributed by atoms with E-state index >= 15 is 0 Å². The highest BCUT2D eigenvalue weighted by atomic mass is 35.5. The zero-order valence-electron chi connectivity index (χ0n) is 12.0. The number of nitrogens with one attached hydrogen (secondary N) is 1. The van der Waals surface area contributed by atoms with E-state index in [9.17, 15) is 18.0 Å². The highest BCUT2D eigenvalue weighted by Gasteiger charge is 2.37. The summed E-state index contributed by atoms with van der Waals surface area (Å²) in [6, 6.07) is 3.40. The van der Waals surface area contributed by atoms with E-state index in [0.29, 0.717) is 12.1 Å². The third-order valence-electron chi connectivity index (χ3n) is 2.87. The average molecular weight is 370 g/mol. The Labute approximate surface area is 140 Å². The molecule has 0 saturated heterocycles. The maximum absolute atomic E-state index is 12.5. The number of thioether (sulfide) groups is 1. The molecule has 0 saturated carbocycles.